The Hall–Kier alpha value is -3.91. The first-order valence-electron chi connectivity index (χ1n) is 12.0. The Kier molecular flexibility index (Phi) is 7.85. The summed E-state index contributed by atoms with van der Waals surface area (Å²) in [6, 6.07) is 16.2. The lowest BCUT2D eigenvalue weighted by Gasteiger charge is -2.13. The number of phenols is 1. The van der Waals surface area contributed by atoms with Crippen molar-refractivity contribution in [1.82, 2.24) is 10.3 Å². The van der Waals surface area contributed by atoms with Gasteiger partial charge in [-0.05, 0) is 85.6 Å². The Morgan fingerprint density at radius 1 is 1.14 bits per heavy atom. The van der Waals surface area contributed by atoms with Crippen molar-refractivity contribution in [3.05, 3.63) is 71.3 Å². The van der Waals surface area contributed by atoms with E-state index >= 15 is 0 Å². The van der Waals surface area contributed by atoms with Crippen LogP contribution >= 0.6 is 12.2 Å². The Balaban J connectivity index is 1.49. The predicted molar refractivity (Wildman–Crippen MR) is 146 cm³/mol. The number of carbonyl (C=O) groups excluding carboxylic acids is 1. The molecule has 0 bridgehead atoms. The molecule has 0 unspecified atom stereocenters. The predicted octanol–water partition coefficient (Wildman–Crippen LogP) is 6.38. The van der Waals surface area contributed by atoms with Crippen LogP contribution in [0.4, 0.5) is 5.69 Å². The fourth-order valence-electron chi connectivity index (χ4n) is 3.72. The van der Waals surface area contributed by atoms with Gasteiger partial charge in [-0.1, -0.05) is 32.4 Å². The van der Waals surface area contributed by atoms with Gasteiger partial charge in [0.1, 0.15) is 17.0 Å². The first-order chi connectivity index (χ1) is 17.4. The van der Waals surface area contributed by atoms with Crippen LogP contribution in [0.3, 0.4) is 0 Å². The number of aryl methyl sites for hydroxylation is 2. The summed E-state index contributed by atoms with van der Waals surface area (Å²) in [4.78, 5) is 17.3. The van der Waals surface area contributed by atoms with Crippen molar-refractivity contribution in [2.75, 3.05) is 11.9 Å². The summed E-state index contributed by atoms with van der Waals surface area (Å²) in [5.74, 6) is 0.656. The summed E-state index contributed by atoms with van der Waals surface area (Å²) in [7, 11) is 0. The van der Waals surface area contributed by atoms with Gasteiger partial charge in [0.15, 0.2) is 10.7 Å². The number of nitrogens with one attached hydrogen (secondary N) is 2. The van der Waals surface area contributed by atoms with Crippen LogP contribution in [0, 0.1) is 6.92 Å². The fourth-order valence-corrected chi connectivity index (χ4v) is 3.93. The van der Waals surface area contributed by atoms with E-state index in [1.807, 2.05) is 24.3 Å². The van der Waals surface area contributed by atoms with Gasteiger partial charge in [0.2, 0.25) is 5.89 Å². The number of anilines is 1. The molecule has 0 atom stereocenters. The lowest BCUT2D eigenvalue weighted by molar-refractivity contribution is 0.0977. The molecule has 0 fully saturated rings. The van der Waals surface area contributed by atoms with E-state index in [9.17, 15) is 9.90 Å². The molecule has 1 heterocycles. The van der Waals surface area contributed by atoms with Gasteiger partial charge in [-0.2, -0.15) is 0 Å². The molecule has 0 aliphatic rings. The number of oxazole rings is 1. The maximum Gasteiger partial charge on any atom is 0.257 e. The van der Waals surface area contributed by atoms with Crippen molar-refractivity contribution in [3.8, 4) is 23.0 Å². The third kappa shape index (κ3) is 5.83. The van der Waals surface area contributed by atoms with E-state index < -0.39 is 0 Å². The molecule has 0 radical (unpaired) electrons. The number of fused-ring (bicyclic) bond motifs is 1. The van der Waals surface area contributed by atoms with Crippen LogP contribution in [0.25, 0.3) is 22.6 Å². The van der Waals surface area contributed by atoms with Gasteiger partial charge in [0.25, 0.3) is 5.91 Å². The van der Waals surface area contributed by atoms with Crippen molar-refractivity contribution >= 4 is 40.0 Å². The zero-order chi connectivity index (χ0) is 25.7. The first-order valence-corrected chi connectivity index (χ1v) is 12.4. The van der Waals surface area contributed by atoms with Crippen LogP contribution in [0.2, 0.25) is 0 Å². The average Bonchev–Trinajstić information content (AvgIpc) is 3.29. The zero-order valence-corrected chi connectivity index (χ0v) is 21.4. The van der Waals surface area contributed by atoms with Crippen molar-refractivity contribution in [3.63, 3.8) is 0 Å². The molecule has 0 saturated heterocycles. The number of thiocarbonyl (C=S) groups is 1. The maximum atomic E-state index is 12.7. The maximum absolute atomic E-state index is 12.7. The van der Waals surface area contributed by atoms with E-state index in [2.05, 4.69) is 29.5 Å². The lowest BCUT2D eigenvalue weighted by atomic mass is 10.1. The zero-order valence-electron chi connectivity index (χ0n) is 20.6. The highest BCUT2D eigenvalue weighted by atomic mass is 32.1. The molecule has 1 amide bonds. The third-order valence-corrected chi connectivity index (χ3v) is 5.94. The Morgan fingerprint density at radius 3 is 2.75 bits per heavy atom. The van der Waals surface area contributed by atoms with Gasteiger partial charge in [-0.3, -0.25) is 10.1 Å². The van der Waals surface area contributed by atoms with Gasteiger partial charge < -0.3 is 19.6 Å². The molecule has 4 rings (SSSR count). The van der Waals surface area contributed by atoms with Crippen LogP contribution < -0.4 is 15.4 Å². The normalized spacial score (nSPS) is 10.9. The van der Waals surface area contributed by atoms with E-state index in [0.717, 1.165) is 30.3 Å². The Bertz CT molecular complexity index is 1410. The standard InChI is InChI=1S/C28H29N3O4S/c1-4-6-12-34-21-9-7-8-19(15-21)26(33)31-28(36)29-20-13-17(3)25(32)22(16-20)27-30-23-14-18(5-2)10-11-24(23)35-27/h7-11,13-16,32H,4-6,12H2,1-3H3,(H2,29,31,33,36). The van der Waals surface area contributed by atoms with Crippen LogP contribution in [0.1, 0.15) is 48.2 Å². The Labute approximate surface area is 215 Å². The average molecular weight is 504 g/mol. The second kappa shape index (κ2) is 11.2. The Morgan fingerprint density at radius 2 is 1.97 bits per heavy atom. The summed E-state index contributed by atoms with van der Waals surface area (Å²) in [5, 5.41) is 16.5. The molecule has 186 valence electrons. The minimum absolute atomic E-state index is 0.0673. The molecular weight excluding hydrogens is 474 g/mol. The minimum Gasteiger partial charge on any atom is -0.507 e. The SMILES string of the molecule is CCCCOc1cccc(C(=O)NC(=S)Nc2cc(C)c(O)c(-c3nc4cc(CC)ccc4o3)c2)c1. The number of hydrogen-bond donors (Lipinski definition) is 3. The summed E-state index contributed by atoms with van der Waals surface area (Å²) >= 11 is 5.37. The number of hydrogen-bond acceptors (Lipinski definition) is 6. The highest BCUT2D eigenvalue weighted by molar-refractivity contribution is 7.80. The van der Waals surface area contributed by atoms with Crippen LogP contribution in [0.15, 0.2) is 59.0 Å². The smallest absolute Gasteiger partial charge is 0.257 e. The molecule has 4 aromatic rings. The van der Waals surface area contributed by atoms with E-state index in [4.69, 9.17) is 21.4 Å². The summed E-state index contributed by atoms with van der Waals surface area (Å²) < 4.78 is 11.6. The summed E-state index contributed by atoms with van der Waals surface area (Å²) in [6.45, 7) is 6.54. The van der Waals surface area contributed by atoms with E-state index in [1.54, 1.807) is 37.3 Å². The van der Waals surface area contributed by atoms with Crippen LogP contribution in [-0.4, -0.2) is 27.7 Å². The number of carbonyl (C=O) groups is 1. The highest BCUT2D eigenvalue weighted by Gasteiger charge is 2.17. The van der Waals surface area contributed by atoms with Crippen molar-refractivity contribution in [2.24, 2.45) is 0 Å². The number of ether oxygens (including phenoxy) is 1. The molecule has 0 aliphatic carbocycles. The molecule has 0 spiro atoms. The number of aromatic nitrogens is 1. The number of amides is 1. The molecule has 36 heavy (non-hydrogen) atoms. The van der Waals surface area contributed by atoms with Gasteiger partial charge in [0.05, 0.1) is 12.2 Å². The van der Waals surface area contributed by atoms with Crippen molar-refractivity contribution in [2.45, 2.75) is 40.0 Å². The molecule has 0 saturated carbocycles. The van der Waals surface area contributed by atoms with Gasteiger partial charge >= 0.3 is 0 Å². The van der Waals surface area contributed by atoms with Crippen molar-refractivity contribution < 1.29 is 19.1 Å². The number of unbranched alkanes of at least 4 members (excludes halogenated alkanes) is 1. The third-order valence-electron chi connectivity index (χ3n) is 5.74. The number of phenolic OH excluding ortho intramolecular Hbond substituents is 1. The van der Waals surface area contributed by atoms with Crippen LogP contribution in [0.5, 0.6) is 11.5 Å². The molecule has 3 aromatic carbocycles. The van der Waals surface area contributed by atoms with E-state index in [1.165, 1.54) is 0 Å². The molecule has 8 heteroatoms. The molecule has 3 N–H and O–H groups in total. The topological polar surface area (TPSA) is 96.6 Å². The number of benzene rings is 3. The van der Waals surface area contributed by atoms with Gasteiger partial charge in [-0.15, -0.1) is 0 Å². The largest absolute Gasteiger partial charge is 0.507 e. The summed E-state index contributed by atoms with van der Waals surface area (Å²) in [5.41, 5.74) is 4.57. The second-order valence-corrected chi connectivity index (χ2v) is 8.91. The van der Waals surface area contributed by atoms with Gasteiger partial charge in [0, 0.05) is 11.3 Å². The van der Waals surface area contributed by atoms with E-state index in [0.29, 0.717) is 46.2 Å². The second-order valence-electron chi connectivity index (χ2n) is 8.50. The number of rotatable bonds is 8. The quantitative estimate of drug-likeness (QED) is 0.146. The molecule has 1 aromatic heterocycles. The highest BCUT2D eigenvalue weighted by Crippen LogP contribution is 2.36. The fraction of sp³-hybridized carbons (Fsp3) is 0.250. The first kappa shape index (κ1) is 25.2. The van der Waals surface area contributed by atoms with Crippen LogP contribution in [-0.2, 0) is 6.42 Å². The molecule has 0 aliphatic heterocycles. The summed E-state index contributed by atoms with van der Waals surface area (Å²) in [6.07, 6.45) is 2.87. The van der Waals surface area contributed by atoms with E-state index in [-0.39, 0.29) is 16.8 Å². The monoisotopic (exact) mass is 503 g/mol. The lowest BCUT2D eigenvalue weighted by Crippen LogP contribution is -2.34. The van der Waals surface area contributed by atoms with Crippen molar-refractivity contribution in [1.29, 1.82) is 0 Å². The van der Waals surface area contributed by atoms with Gasteiger partial charge in [-0.25, -0.2) is 4.98 Å². The molecule has 7 nitrogen and oxygen atoms in total. The minimum atomic E-state index is -0.352. The molecular formula is C28H29N3O4S. The number of nitrogens with zero attached hydrogens (tertiary/aromatic N) is 1. The number of aromatic hydroxyl groups is 1.